The van der Waals surface area contributed by atoms with Crippen LogP contribution < -0.4 is 11.3 Å². The van der Waals surface area contributed by atoms with Crippen molar-refractivity contribution in [1.82, 2.24) is 19.5 Å². The standard InChI is InChI=1S/C11H11N5O6/c12-11-14-8-4(9(21)15-11)13-2-16(8)10-6(20)5(19)7(22-10)3(18)1-17/h2,5-7,10,18-20H,(H3,12,14,15,21)/t5-,6+,7+,10+/m0/s1. The molecule has 1 fully saturated rings. The molecule has 2 aromatic heterocycles. The van der Waals surface area contributed by atoms with E-state index in [4.69, 9.17) is 10.5 Å². The van der Waals surface area contributed by atoms with E-state index in [1.54, 1.807) is 0 Å². The number of nitrogens with one attached hydrogen (secondary N) is 1. The van der Waals surface area contributed by atoms with Gasteiger partial charge in [-0.05, 0) is 0 Å². The number of hydrogen-bond donors (Lipinski definition) is 5. The van der Waals surface area contributed by atoms with Gasteiger partial charge in [-0.25, -0.2) is 9.78 Å². The van der Waals surface area contributed by atoms with Crippen LogP contribution in [0.3, 0.4) is 0 Å². The number of aliphatic hydroxyl groups excluding tert-OH is 3. The number of fused-ring (bicyclic) bond motifs is 1. The first-order valence-corrected chi connectivity index (χ1v) is 6.12. The summed E-state index contributed by atoms with van der Waals surface area (Å²) >= 11 is 0. The lowest BCUT2D eigenvalue weighted by molar-refractivity contribution is -0.0334. The average molecular weight is 309 g/mol. The molecule has 11 nitrogen and oxygen atoms in total. The van der Waals surface area contributed by atoms with E-state index in [1.165, 1.54) is 10.5 Å². The smallest absolute Gasteiger partial charge is 0.280 e. The zero-order chi connectivity index (χ0) is 16.0. The van der Waals surface area contributed by atoms with Crippen LogP contribution in [0.25, 0.3) is 11.2 Å². The first-order chi connectivity index (χ1) is 10.4. The fourth-order valence-corrected chi connectivity index (χ4v) is 2.30. The van der Waals surface area contributed by atoms with Gasteiger partial charge in [0.25, 0.3) is 5.56 Å². The quantitative estimate of drug-likeness (QED) is 0.298. The van der Waals surface area contributed by atoms with Crippen LogP contribution in [-0.4, -0.2) is 59.1 Å². The Balaban J connectivity index is 2.09. The number of hydrogen-bond acceptors (Lipinski definition) is 9. The summed E-state index contributed by atoms with van der Waals surface area (Å²) in [6, 6.07) is 0. The molecule has 22 heavy (non-hydrogen) atoms. The average Bonchev–Trinajstić information content (AvgIpc) is 3.01. The normalized spacial score (nSPS) is 27.9. The van der Waals surface area contributed by atoms with Gasteiger partial charge in [0.2, 0.25) is 11.7 Å². The number of anilines is 1. The number of imidazole rings is 1. The van der Waals surface area contributed by atoms with Gasteiger partial charge >= 0.3 is 0 Å². The van der Waals surface area contributed by atoms with Crippen LogP contribution in [0.1, 0.15) is 6.23 Å². The molecule has 0 aromatic carbocycles. The van der Waals surface area contributed by atoms with E-state index in [0.29, 0.717) is 0 Å². The van der Waals surface area contributed by atoms with Gasteiger partial charge in [0.1, 0.15) is 12.2 Å². The Kier molecular flexibility index (Phi) is 3.19. The van der Waals surface area contributed by atoms with Crippen LogP contribution in [0.15, 0.2) is 16.9 Å². The molecular formula is C11H11N5O6. The van der Waals surface area contributed by atoms with Crippen molar-refractivity contribution >= 4 is 23.1 Å². The van der Waals surface area contributed by atoms with E-state index in [2.05, 4.69) is 15.0 Å². The Labute approximate surface area is 121 Å². The molecule has 6 N–H and O–H groups in total. The molecule has 0 aliphatic carbocycles. The molecule has 0 amide bonds. The van der Waals surface area contributed by atoms with Crippen molar-refractivity contribution in [2.75, 3.05) is 5.73 Å². The second-order valence-electron chi connectivity index (χ2n) is 4.69. The monoisotopic (exact) mass is 309 g/mol. The molecule has 1 aliphatic heterocycles. The lowest BCUT2D eigenvalue weighted by Gasteiger charge is -2.16. The summed E-state index contributed by atoms with van der Waals surface area (Å²) in [5.74, 6) is 0.137. The minimum atomic E-state index is -1.57. The van der Waals surface area contributed by atoms with Crippen molar-refractivity contribution in [2.45, 2.75) is 24.5 Å². The number of rotatable bonds is 2. The molecule has 0 saturated carbocycles. The van der Waals surface area contributed by atoms with E-state index < -0.39 is 35.9 Å². The summed E-state index contributed by atoms with van der Waals surface area (Å²) in [5, 5.41) is 29.2. The van der Waals surface area contributed by atoms with Crippen molar-refractivity contribution in [3.63, 3.8) is 0 Å². The maximum Gasteiger partial charge on any atom is 0.280 e. The van der Waals surface area contributed by atoms with Crippen molar-refractivity contribution in [1.29, 1.82) is 0 Å². The maximum atomic E-state index is 11.7. The molecule has 11 heteroatoms. The van der Waals surface area contributed by atoms with Crippen molar-refractivity contribution < 1.29 is 24.9 Å². The van der Waals surface area contributed by atoms with Crippen LogP contribution in [-0.2, 0) is 9.53 Å². The van der Waals surface area contributed by atoms with Crippen molar-refractivity contribution in [3.8, 4) is 0 Å². The van der Waals surface area contributed by atoms with Gasteiger partial charge in [0.05, 0.1) is 6.33 Å². The Morgan fingerprint density at radius 2 is 2.18 bits per heavy atom. The molecule has 0 radical (unpaired) electrons. The first kappa shape index (κ1) is 14.2. The largest absolute Gasteiger partial charge is 0.500 e. The number of aliphatic hydroxyl groups is 3. The summed E-state index contributed by atoms with van der Waals surface area (Å²) in [5.41, 5.74) is 4.85. The third-order valence-corrected chi connectivity index (χ3v) is 3.34. The number of H-pyrrole nitrogens is 1. The molecule has 3 heterocycles. The number of nitrogen functional groups attached to an aromatic ring is 1. The molecule has 1 aliphatic rings. The predicted octanol–water partition coefficient (Wildman–Crippen LogP) is -2.41. The van der Waals surface area contributed by atoms with Gasteiger partial charge in [-0.15, -0.1) is 0 Å². The lowest BCUT2D eigenvalue weighted by atomic mass is 10.1. The van der Waals surface area contributed by atoms with Gasteiger partial charge in [0.15, 0.2) is 29.4 Å². The molecule has 0 bridgehead atoms. The van der Waals surface area contributed by atoms with E-state index in [-0.39, 0.29) is 17.1 Å². The highest BCUT2D eigenvalue weighted by atomic mass is 16.6. The van der Waals surface area contributed by atoms with E-state index >= 15 is 0 Å². The predicted molar refractivity (Wildman–Crippen MR) is 70.3 cm³/mol. The highest BCUT2D eigenvalue weighted by Crippen LogP contribution is 2.32. The molecular weight excluding hydrogens is 298 g/mol. The Bertz CT molecular complexity index is 837. The summed E-state index contributed by atoms with van der Waals surface area (Å²) in [6.45, 7) is 0. The van der Waals surface area contributed by atoms with Crippen LogP contribution in [0, 0.1) is 0 Å². The molecule has 116 valence electrons. The van der Waals surface area contributed by atoms with E-state index in [9.17, 15) is 24.9 Å². The fourth-order valence-electron chi connectivity index (χ4n) is 2.30. The molecule has 2 aromatic rings. The van der Waals surface area contributed by atoms with Gasteiger partial charge in [0, 0.05) is 0 Å². The van der Waals surface area contributed by atoms with Crippen LogP contribution in [0.2, 0.25) is 0 Å². The maximum absolute atomic E-state index is 11.7. The number of nitrogens with two attached hydrogens (primary N) is 1. The summed E-state index contributed by atoms with van der Waals surface area (Å²) in [7, 11) is 0. The van der Waals surface area contributed by atoms with Crippen LogP contribution >= 0.6 is 0 Å². The third-order valence-electron chi connectivity index (χ3n) is 3.34. The minimum absolute atomic E-state index is 0.0210. The SMILES string of the molecule is Nc1nc2c(ncn2[C@@H]2O[C@H](C(O)=C=O)[C@@H](O)[C@H]2O)c(=O)[nH]1. The molecule has 0 spiro atoms. The van der Waals surface area contributed by atoms with Crippen LogP contribution in [0.4, 0.5) is 5.95 Å². The van der Waals surface area contributed by atoms with E-state index in [1.807, 2.05) is 0 Å². The van der Waals surface area contributed by atoms with Gasteiger partial charge in [-0.3, -0.25) is 14.3 Å². The Morgan fingerprint density at radius 3 is 2.86 bits per heavy atom. The van der Waals surface area contributed by atoms with Gasteiger partial charge in [-0.2, -0.15) is 4.98 Å². The molecule has 1 saturated heterocycles. The molecule has 3 rings (SSSR count). The second-order valence-corrected chi connectivity index (χ2v) is 4.69. The Hall–Kier alpha value is -2.72. The second kappa shape index (κ2) is 4.93. The zero-order valence-corrected chi connectivity index (χ0v) is 10.9. The Morgan fingerprint density at radius 1 is 1.45 bits per heavy atom. The number of ether oxygens (including phenoxy) is 1. The minimum Gasteiger partial charge on any atom is -0.500 e. The van der Waals surface area contributed by atoms with Crippen molar-refractivity contribution in [3.05, 3.63) is 22.4 Å². The summed E-state index contributed by atoms with van der Waals surface area (Å²) in [4.78, 5) is 32.1. The zero-order valence-electron chi connectivity index (χ0n) is 10.9. The fraction of sp³-hybridized carbons (Fsp3) is 0.364. The van der Waals surface area contributed by atoms with Crippen LogP contribution in [0.5, 0.6) is 0 Å². The third kappa shape index (κ3) is 1.96. The topological polar surface area (TPSA) is 177 Å². The molecule has 0 unspecified atom stereocenters. The van der Waals surface area contributed by atoms with Gasteiger partial charge < -0.3 is 25.8 Å². The van der Waals surface area contributed by atoms with E-state index in [0.717, 1.165) is 6.33 Å². The van der Waals surface area contributed by atoms with Crippen molar-refractivity contribution in [2.24, 2.45) is 0 Å². The number of carbonyl (C=O) groups excluding carboxylic acids is 1. The number of aromatic nitrogens is 4. The highest BCUT2D eigenvalue weighted by molar-refractivity contribution is 5.70. The number of aromatic amines is 1. The summed E-state index contributed by atoms with van der Waals surface area (Å²) < 4.78 is 6.42. The van der Waals surface area contributed by atoms with Gasteiger partial charge in [-0.1, -0.05) is 0 Å². The molecule has 4 atom stereocenters. The summed E-state index contributed by atoms with van der Waals surface area (Å²) in [6.07, 6.45) is -4.58. The number of nitrogens with zero attached hydrogens (tertiary/aromatic N) is 3. The first-order valence-electron chi connectivity index (χ1n) is 6.12. The lowest BCUT2D eigenvalue weighted by Crippen LogP contribution is -2.32. The highest BCUT2D eigenvalue weighted by Gasteiger charge is 2.46.